The lowest BCUT2D eigenvalue weighted by atomic mass is 10.1. The minimum atomic E-state index is -0.799. The lowest BCUT2D eigenvalue weighted by Crippen LogP contribution is -2.13. The zero-order chi connectivity index (χ0) is 17.0. The zero-order valence-electron chi connectivity index (χ0n) is 11.9. The number of amides is 1. The fraction of sp³-hybridized carbons (Fsp3) is 0.0714. The van der Waals surface area contributed by atoms with Crippen molar-refractivity contribution in [3.05, 3.63) is 68.3 Å². The first-order valence-corrected chi connectivity index (χ1v) is 6.30. The summed E-state index contributed by atoms with van der Waals surface area (Å²) in [7, 11) is 1.42. The molecule has 1 N–H and O–H groups in total. The van der Waals surface area contributed by atoms with Crippen molar-refractivity contribution in [1.29, 1.82) is 0 Å². The molecule has 0 radical (unpaired) electrons. The van der Waals surface area contributed by atoms with Crippen molar-refractivity contribution in [3.63, 3.8) is 0 Å². The van der Waals surface area contributed by atoms with Crippen LogP contribution in [0.3, 0.4) is 0 Å². The Labute approximate surface area is 129 Å². The third-order valence-electron chi connectivity index (χ3n) is 2.94. The number of benzene rings is 2. The Morgan fingerprint density at radius 3 is 2.13 bits per heavy atom. The summed E-state index contributed by atoms with van der Waals surface area (Å²) < 4.78 is 5.07. The Hall–Kier alpha value is -3.49. The molecule has 0 saturated carbocycles. The highest BCUT2D eigenvalue weighted by Gasteiger charge is 2.20. The molecule has 0 saturated heterocycles. The van der Waals surface area contributed by atoms with E-state index in [0.29, 0.717) is 11.4 Å². The number of nitrogens with zero attached hydrogens (tertiary/aromatic N) is 2. The van der Waals surface area contributed by atoms with Crippen molar-refractivity contribution >= 4 is 23.0 Å². The lowest BCUT2D eigenvalue weighted by Gasteiger charge is -2.09. The van der Waals surface area contributed by atoms with E-state index in [1.54, 1.807) is 24.3 Å². The molecule has 0 spiro atoms. The molecule has 0 unspecified atom stereocenters. The summed E-state index contributed by atoms with van der Waals surface area (Å²) in [5.74, 6) is -0.331. The molecule has 0 aliphatic rings. The zero-order valence-corrected chi connectivity index (χ0v) is 11.9. The molecule has 0 aliphatic carbocycles. The smallest absolute Gasteiger partial charge is 0.277 e. The second-order valence-corrected chi connectivity index (χ2v) is 4.41. The predicted molar refractivity (Wildman–Crippen MR) is 80.7 cm³/mol. The summed E-state index contributed by atoms with van der Waals surface area (Å²) in [6.45, 7) is 0. The van der Waals surface area contributed by atoms with Gasteiger partial charge in [0, 0.05) is 12.1 Å². The summed E-state index contributed by atoms with van der Waals surface area (Å²) in [6, 6.07) is 9.28. The molecular weight excluding hydrogens is 306 g/mol. The van der Waals surface area contributed by atoms with Crippen LogP contribution in [0.15, 0.2) is 42.5 Å². The second kappa shape index (κ2) is 6.52. The van der Waals surface area contributed by atoms with Gasteiger partial charge in [0.2, 0.25) is 0 Å². The summed E-state index contributed by atoms with van der Waals surface area (Å²) in [5, 5.41) is 24.2. The molecule has 0 fully saturated rings. The van der Waals surface area contributed by atoms with Crippen LogP contribution in [0, 0.1) is 20.2 Å². The molecule has 2 aromatic carbocycles. The van der Waals surface area contributed by atoms with E-state index < -0.39 is 27.1 Å². The molecule has 0 aromatic heterocycles. The number of carbonyl (C=O) groups is 1. The van der Waals surface area contributed by atoms with Crippen LogP contribution in [0.5, 0.6) is 5.75 Å². The molecule has 0 bridgehead atoms. The van der Waals surface area contributed by atoms with E-state index in [0.717, 1.165) is 18.2 Å². The Morgan fingerprint density at radius 1 is 1.04 bits per heavy atom. The molecule has 118 valence electrons. The highest BCUT2D eigenvalue weighted by atomic mass is 16.6. The predicted octanol–water partition coefficient (Wildman–Crippen LogP) is 2.76. The third kappa shape index (κ3) is 3.59. The summed E-state index contributed by atoms with van der Waals surface area (Å²) in [5.41, 5.74) is -0.931. The van der Waals surface area contributed by atoms with Crippen LogP contribution >= 0.6 is 0 Å². The van der Waals surface area contributed by atoms with Gasteiger partial charge in [-0.05, 0) is 12.1 Å². The normalized spacial score (nSPS) is 9.96. The van der Waals surface area contributed by atoms with Crippen LogP contribution in [-0.2, 0) is 0 Å². The standard InChI is InChI=1S/C14H11N3O6/c1-23-13-5-3-2-4-12(13)15-14(18)9-6-10(16(19)20)8-11(7-9)17(21)22/h2-8H,1H3,(H,15,18). The number of non-ortho nitro benzene ring substituents is 2. The van der Waals surface area contributed by atoms with Crippen molar-refractivity contribution in [3.8, 4) is 5.75 Å². The number of rotatable bonds is 5. The average Bonchev–Trinajstić information content (AvgIpc) is 2.54. The van der Waals surface area contributed by atoms with Gasteiger partial charge in [0.1, 0.15) is 5.75 Å². The van der Waals surface area contributed by atoms with E-state index in [-0.39, 0.29) is 5.56 Å². The van der Waals surface area contributed by atoms with E-state index >= 15 is 0 Å². The van der Waals surface area contributed by atoms with E-state index in [1.165, 1.54) is 7.11 Å². The Balaban J connectivity index is 2.38. The van der Waals surface area contributed by atoms with Crippen molar-refractivity contribution in [1.82, 2.24) is 0 Å². The molecule has 9 nitrogen and oxygen atoms in total. The number of anilines is 1. The van der Waals surface area contributed by atoms with Crippen LogP contribution < -0.4 is 10.1 Å². The van der Waals surface area contributed by atoms with E-state index in [2.05, 4.69) is 5.32 Å². The van der Waals surface area contributed by atoms with Gasteiger partial charge >= 0.3 is 0 Å². The van der Waals surface area contributed by atoms with Gasteiger partial charge in [0.05, 0.1) is 34.3 Å². The SMILES string of the molecule is COc1ccccc1NC(=O)c1cc([N+](=O)[O-])cc([N+](=O)[O-])c1. The number of nitro groups is 2. The number of hydrogen-bond donors (Lipinski definition) is 1. The molecule has 9 heteroatoms. The van der Waals surface area contributed by atoms with Crippen LogP contribution in [0.25, 0.3) is 0 Å². The van der Waals surface area contributed by atoms with Gasteiger partial charge in [-0.25, -0.2) is 0 Å². The van der Waals surface area contributed by atoms with Crippen LogP contribution in [0.1, 0.15) is 10.4 Å². The van der Waals surface area contributed by atoms with E-state index in [1.807, 2.05) is 0 Å². The summed E-state index contributed by atoms with van der Waals surface area (Å²) in [4.78, 5) is 32.3. The van der Waals surface area contributed by atoms with Crippen LogP contribution in [0.2, 0.25) is 0 Å². The first-order valence-electron chi connectivity index (χ1n) is 6.30. The Morgan fingerprint density at radius 2 is 1.61 bits per heavy atom. The Bertz CT molecular complexity index is 758. The minimum Gasteiger partial charge on any atom is -0.495 e. The first-order chi connectivity index (χ1) is 10.9. The van der Waals surface area contributed by atoms with Gasteiger partial charge in [0.25, 0.3) is 17.3 Å². The molecule has 1 amide bonds. The van der Waals surface area contributed by atoms with Crippen LogP contribution in [-0.4, -0.2) is 22.9 Å². The topological polar surface area (TPSA) is 125 Å². The number of para-hydroxylation sites is 2. The average molecular weight is 317 g/mol. The number of ether oxygens (including phenoxy) is 1. The number of nitrogens with one attached hydrogen (secondary N) is 1. The van der Waals surface area contributed by atoms with E-state index in [9.17, 15) is 25.0 Å². The van der Waals surface area contributed by atoms with Crippen molar-refractivity contribution in [2.75, 3.05) is 12.4 Å². The fourth-order valence-electron chi connectivity index (χ4n) is 1.88. The molecule has 0 atom stereocenters. The minimum absolute atomic E-state index is 0.197. The summed E-state index contributed by atoms with van der Waals surface area (Å²) in [6.07, 6.45) is 0. The highest BCUT2D eigenvalue weighted by Crippen LogP contribution is 2.26. The van der Waals surface area contributed by atoms with Crippen molar-refractivity contribution in [2.24, 2.45) is 0 Å². The number of hydrogen-bond acceptors (Lipinski definition) is 6. The molecule has 23 heavy (non-hydrogen) atoms. The molecule has 2 aromatic rings. The van der Waals surface area contributed by atoms with E-state index in [4.69, 9.17) is 4.74 Å². The molecule has 0 heterocycles. The second-order valence-electron chi connectivity index (χ2n) is 4.41. The van der Waals surface area contributed by atoms with Crippen molar-refractivity contribution in [2.45, 2.75) is 0 Å². The third-order valence-corrected chi connectivity index (χ3v) is 2.94. The quantitative estimate of drug-likeness (QED) is 0.667. The van der Waals surface area contributed by atoms with Gasteiger partial charge < -0.3 is 10.1 Å². The number of carbonyl (C=O) groups excluding carboxylic acids is 1. The lowest BCUT2D eigenvalue weighted by molar-refractivity contribution is -0.394. The fourth-order valence-corrected chi connectivity index (χ4v) is 1.88. The van der Waals surface area contributed by atoms with Crippen LogP contribution in [0.4, 0.5) is 17.1 Å². The van der Waals surface area contributed by atoms with Gasteiger partial charge in [0.15, 0.2) is 0 Å². The van der Waals surface area contributed by atoms with Gasteiger partial charge in [-0.15, -0.1) is 0 Å². The maximum atomic E-state index is 12.2. The highest BCUT2D eigenvalue weighted by molar-refractivity contribution is 6.05. The van der Waals surface area contributed by atoms with Gasteiger partial charge in [-0.1, -0.05) is 12.1 Å². The maximum Gasteiger partial charge on any atom is 0.277 e. The number of methoxy groups -OCH3 is 1. The summed E-state index contributed by atoms with van der Waals surface area (Å²) >= 11 is 0. The van der Waals surface area contributed by atoms with Gasteiger partial charge in [-0.2, -0.15) is 0 Å². The number of nitro benzene ring substituents is 2. The first kappa shape index (κ1) is 15.9. The maximum absolute atomic E-state index is 12.2. The van der Waals surface area contributed by atoms with Crippen molar-refractivity contribution < 1.29 is 19.4 Å². The van der Waals surface area contributed by atoms with Gasteiger partial charge in [-0.3, -0.25) is 25.0 Å². The monoisotopic (exact) mass is 317 g/mol. The molecular formula is C14H11N3O6. The molecule has 2 rings (SSSR count). The Kier molecular flexibility index (Phi) is 4.50. The largest absolute Gasteiger partial charge is 0.495 e. The molecule has 0 aliphatic heterocycles.